The number of benzene rings is 3. The molecule has 1 aromatic heterocycles. The minimum Gasteiger partial charge on any atom is -0.273 e. The van der Waals surface area contributed by atoms with Crippen LogP contribution in [0.1, 0.15) is 28.0 Å². The Morgan fingerprint density at radius 2 is 1.34 bits per heavy atom. The minimum atomic E-state index is -0.587. The standard InChI is InChI=1S/C25H22N4O3/c30-22(16-15-18-9-3-1-4-10-18)26-27-24(31)23-20-13-7-8-14-21(20)25(32)29(28-23)17-19-11-5-2-6-12-19/h1-14H,15-17H2,(H,26,30)(H,27,31). The van der Waals surface area contributed by atoms with Crippen LogP contribution in [0.5, 0.6) is 0 Å². The molecule has 160 valence electrons. The van der Waals surface area contributed by atoms with Crippen molar-refractivity contribution < 1.29 is 9.59 Å². The molecule has 0 aliphatic rings. The van der Waals surface area contributed by atoms with E-state index < -0.39 is 5.91 Å². The highest BCUT2D eigenvalue weighted by molar-refractivity contribution is 6.05. The second-order valence-electron chi connectivity index (χ2n) is 7.33. The smallest absolute Gasteiger partial charge is 0.273 e. The van der Waals surface area contributed by atoms with E-state index in [4.69, 9.17) is 0 Å². The topological polar surface area (TPSA) is 93.1 Å². The second-order valence-corrected chi connectivity index (χ2v) is 7.33. The summed E-state index contributed by atoms with van der Waals surface area (Å²) >= 11 is 0. The predicted molar refractivity (Wildman–Crippen MR) is 122 cm³/mol. The number of carbonyl (C=O) groups excluding carboxylic acids is 2. The van der Waals surface area contributed by atoms with Gasteiger partial charge in [0.2, 0.25) is 5.91 Å². The van der Waals surface area contributed by atoms with Crippen LogP contribution in [0, 0.1) is 0 Å². The van der Waals surface area contributed by atoms with Gasteiger partial charge in [0.1, 0.15) is 0 Å². The molecule has 7 nitrogen and oxygen atoms in total. The quantitative estimate of drug-likeness (QED) is 0.464. The normalized spacial score (nSPS) is 10.6. The molecule has 1 heterocycles. The van der Waals surface area contributed by atoms with Gasteiger partial charge in [-0.3, -0.25) is 25.2 Å². The first kappa shape index (κ1) is 21.0. The summed E-state index contributed by atoms with van der Waals surface area (Å²) < 4.78 is 1.27. The molecular formula is C25H22N4O3. The molecule has 0 spiro atoms. The van der Waals surface area contributed by atoms with Crippen molar-refractivity contribution >= 4 is 22.6 Å². The van der Waals surface area contributed by atoms with Gasteiger partial charge in [0.15, 0.2) is 5.69 Å². The lowest BCUT2D eigenvalue weighted by atomic mass is 10.1. The Morgan fingerprint density at radius 3 is 2.03 bits per heavy atom. The monoisotopic (exact) mass is 426 g/mol. The Bertz CT molecular complexity index is 1300. The van der Waals surface area contributed by atoms with Gasteiger partial charge in [0, 0.05) is 11.8 Å². The highest BCUT2D eigenvalue weighted by Crippen LogP contribution is 2.14. The highest BCUT2D eigenvalue weighted by Gasteiger charge is 2.17. The first-order valence-corrected chi connectivity index (χ1v) is 10.3. The molecule has 2 N–H and O–H groups in total. The zero-order valence-electron chi connectivity index (χ0n) is 17.3. The Morgan fingerprint density at radius 1 is 0.750 bits per heavy atom. The van der Waals surface area contributed by atoms with E-state index >= 15 is 0 Å². The Labute approximate surface area is 184 Å². The van der Waals surface area contributed by atoms with Crippen molar-refractivity contribution in [2.75, 3.05) is 0 Å². The van der Waals surface area contributed by atoms with Crippen molar-refractivity contribution in [3.63, 3.8) is 0 Å². The van der Waals surface area contributed by atoms with Crippen molar-refractivity contribution in [2.45, 2.75) is 19.4 Å². The summed E-state index contributed by atoms with van der Waals surface area (Å²) in [7, 11) is 0. The fourth-order valence-corrected chi connectivity index (χ4v) is 3.42. The molecule has 4 rings (SSSR count). The molecule has 0 atom stereocenters. The number of aryl methyl sites for hydroxylation is 1. The zero-order valence-corrected chi connectivity index (χ0v) is 17.3. The fourth-order valence-electron chi connectivity index (χ4n) is 3.42. The molecule has 0 radical (unpaired) electrons. The maximum atomic E-state index is 12.9. The summed E-state index contributed by atoms with van der Waals surface area (Å²) in [5.41, 5.74) is 6.56. The van der Waals surface area contributed by atoms with E-state index in [1.807, 2.05) is 60.7 Å². The van der Waals surface area contributed by atoms with Crippen molar-refractivity contribution in [1.29, 1.82) is 0 Å². The summed E-state index contributed by atoms with van der Waals surface area (Å²) in [6.45, 7) is 0.230. The summed E-state index contributed by atoms with van der Waals surface area (Å²) in [4.78, 5) is 37.9. The van der Waals surface area contributed by atoms with Gasteiger partial charge in [0.25, 0.3) is 11.5 Å². The summed E-state index contributed by atoms with van der Waals surface area (Å²) in [6.07, 6.45) is 0.789. The van der Waals surface area contributed by atoms with Gasteiger partial charge >= 0.3 is 0 Å². The number of nitrogens with zero attached hydrogens (tertiary/aromatic N) is 2. The third kappa shape index (κ3) is 4.89. The number of aromatic nitrogens is 2. The second kappa shape index (κ2) is 9.70. The van der Waals surface area contributed by atoms with Crippen LogP contribution in [0.3, 0.4) is 0 Å². The third-order valence-electron chi connectivity index (χ3n) is 5.06. The van der Waals surface area contributed by atoms with Gasteiger partial charge < -0.3 is 0 Å². The lowest BCUT2D eigenvalue weighted by Gasteiger charge is -2.12. The molecule has 2 amide bonds. The lowest BCUT2D eigenvalue weighted by molar-refractivity contribution is -0.121. The fraction of sp³-hybridized carbons (Fsp3) is 0.120. The van der Waals surface area contributed by atoms with Gasteiger partial charge in [-0.15, -0.1) is 0 Å². The number of nitrogens with one attached hydrogen (secondary N) is 2. The Balaban J connectivity index is 1.52. The van der Waals surface area contributed by atoms with Crippen LogP contribution in [0.15, 0.2) is 89.7 Å². The van der Waals surface area contributed by atoms with Crippen molar-refractivity contribution in [2.24, 2.45) is 0 Å². The van der Waals surface area contributed by atoms with Gasteiger partial charge in [0.05, 0.1) is 11.9 Å². The number of amides is 2. The van der Waals surface area contributed by atoms with Crippen LogP contribution in [0.4, 0.5) is 0 Å². The van der Waals surface area contributed by atoms with Gasteiger partial charge in [-0.1, -0.05) is 78.9 Å². The molecule has 32 heavy (non-hydrogen) atoms. The highest BCUT2D eigenvalue weighted by atomic mass is 16.2. The maximum absolute atomic E-state index is 12.9. The van der Waals surface area contributed by atoms with E-state index in [0.29, 0.717) is 17.2 Å². The molecule has 0 saturated carbocycles. The van der Waals surface area contributed by atoms with Crippen molar-refractivity contribution in [1.82, 2.24) is 20.6 Å². The van der Waals surface area contributed by atoms with Crippen LogP contribution in [0.2, 0.25) is 0 Å². The molecule has 0 saturated heterocycles. The third-order valence-corrected chi connectivity index (χ3v) is 5.06. The number of hydrogen-bond donors (Lipinski definition) is 2. The van der Waals surface area contributed by atoms with Gasteiger partial charge in [-0.2, -0.15) is 5.10 Å². The predicted octanol–water partition coefficient (Wildman–Crippen LogP) is 2.84. The molecule has 0 bridgehead atoms. The van der Waals surface area contributed by atoms with Gasteiger partial charge in [-0.05, 0) is 23.6 Å². The number of rotatable bonds is 6. The average Bonchev–Trinajstić information content (AvgIpc) is 2.84. The Hall–Kier alpha value is -4.26. The van der Waals surface area contributed by atoms with Crippen LogP contribution < -0.4 is 16.4 Å². The molecule has 3 aromatic carbocycles. The average molecular weight is 426 g/mol. The molecule has 0 fully saturated rings. The molecular weight excluding hydrogens is 404 g/mol. The largest absolute Gasteiger partial charge is 0.290 e. The summed E-state index contributed by atoms with van der Waals surface area (Å²) in [5, 5.41) is 5.12. The number of hydrogen-bond acceptors (Lipinski definition) is 4. The van der Waals surface area contributed by atoms with Crippen LogP contribution >= 0.6 is 0 Å². The number of fused-ring (bicyclic) bond motifs is 1. The minimum absolute atomic E-state index is 0.0690. The van der Waals surface area contributed by atoms with Crippen LogP contribution in [-0.4, -0.2) is 21.6 Å². The number of hydrazine groups is 1. The first-order valence-electron chi connectivity index (χ1n) is 10.3. The van der Waals surface area contributed by atoms with Crippen LogP contribution in [-0.2, 0) is 17.8 Å². The van der Waals surface area contributed by atoms with E-state index in [9.17, 15) is 14.4 Å². The van der Waals surface area contributed by atoms with E-state index in [-0.39, 0.29) is 30.1 Å². The molecule has 7 heteroatoms. The van der Waals surface area contributed by atoms with E-state index in [1.165, 1.54) is 4.68 Å². The molecule has 0 aliphatic carbocycles. The molecule has 0 unspecified atom stereocenters. The summed E-state index contributed by atoms with van der Waals surface area (Å²) in [5.74, 6) is -0.903. The lowest BCUT2D eigenvalue weighted by Crippen LogP contribution is -2.43. The SMILES string of the molecule is O=C(CCc1ccccc1)NNC(=O)c1nn(Cc2ccccc2)c(=O)c2ccccc12. The van der Waals surface area contributed by atoms with Crippen molar-refractivity contribution in [3.05, 3.63) is 112 Å². The Kier molecular flexibility index (Phi) is 6.36. The number of carbonyl (C=O) groups is 2. The zero-order chi connectivity index (χ0) is 22.3. The first-order chi connectivity index (χ1) is 15.6. The molecule has 0 aliphatic heterocycles. The van der Waals surface area contributed by atoms with E-state index in [2.05, 4.69) is 16.0 Å². The van der Waals surface area contributed by atoms with Crippen molar-refractivity contribution in [3.8, 4) is 0 Å². The van der Waals surface area contributed by atoms with E-state index in [1.54, 1.807) is 24.3 Å². The van der Waals surface area contributed by atoms with Crippen LogP contribution in [0.25, 0.3) is 10.8 Å². The van der Waals surface area contributed by atoms with Gasteiger partial charge in [-0.25, -0.2) is 4.68 Å². The maximum Gasteiger partial charge on any atom is 0.290 e. The van der Waals surface area contributed by atoms with E-state index in [0.717, 1.165) is 11.1 Å². The summed E-state index contributed by atoms with van der Waals surface area (Å²) in [6, 6.07) is 25.8. The molecule has 4 aromatic rings.